The van der Waals surface area contributed by atoms with Crippen molar-refractivity contribution >= 4 is 82.8 Å². The van der Waals surface area contributed by atoms with E-state index in [1.807, 2.05) is 13.8 Å². The highest BCUT2D eigenvalue weighted by atomic mass is 35.5. The maximum atomic E-state index is 12.1. The zero-order valence-electron chi connectivity index (χ0n) is 70.3. The molecule has 0 unspecified atom stereocenters. The molecule has 126 heavy (non-hydrogen) atoms. The fourth-order valence-electron chi connectivity index (χ4n) is 9.72. The number of aliphatic carboxylic acids is 1. The minimum Gasteiger partial charge on any atom is -0.507 e. The number of carbonyl (C=O) groups excluding carboxylic acids is 9. The second-order valence-electron chi connectivity index (χ2n) is 25.8. The van der Waals surface area contributed by atoms with Gasteiger partial charge in [-0.05, 0) is 183 Å². The van der Waals surface area contributed by atoms with Gasteiger partial charge >= 0.3 is 29.8 Å². The molecule has 6 aromatic carbocycles. The van der Waals surface area contributed by atoms with Crippen LogP contribution in [0.4, 0.5) is 0 Å². The van der Waals surface area contributed by atoms with Crippen molar-refractivity contribution in [3.63, 3.8) is 0 Å². The highest BCUT2D eigenvalue weighted by molar-refractivity contribution is 6.15. The van der Waals surface area contributed by atoms with Crippen LogP contribution in [0.3, 0.4) is 0 Å². The summed E-state index contributed by atoms with van der Waals surface area (Å²) in [4.78, 5) is 138. The number of aromatic hydroxyl groups is 6. The SMILES string of the molecule is C#Cc1ccc(C(=O)N[C@@H](C(=O)NCC)[C@H](C)O)c(O)c1.C#Cc1ccc(C(=O)N[C@@H](C(=O)O)[C@H](C)O)c(O)c1.C#Cc1ccc(C(=O)N[C@@H](C(=O)OC)[C@H](C)O)c(O)c1.C#Cc1ccc(C(=O)N[C@@H](C(=O)ONCC)[C@H](C)O)c(O)c1.C#Cc1ccc(C(=O)O)c(O)c1.C#Cc1ccc(C2=N[C@@H](C(=O)CCC)[C@@H](C)O2)c(O)c1.CO.COC(=O)[C@H](NCl)[C@H](C)O. The molecule has 0 fully saturated rings. The molecule has 674 valence electrons. The van der Waals surface area contributed by atoms with E-state index in [1.54, 1.807) is 26.0 Å². The predicted octanol–water partition coefficient (Wildman–Crippen LogP) is 2.48. The quantitative estimate of drug-likeness (QED) is 0.0116. The van der Waals surface area contributed by atoms with E-state index in [-0.39, 0.29) is 74.2 Å². The number of terminal acetylenes is 6. The Bertz CT molecular complexity index is 5040. The number of rotatable bonds is 27. The van der Waals surface area contributed by atoms with E-state index in [9.17, 15) is 98.7 Å². The number of hydroxylamine groups is 1. The number of carbonyl (C=O) groups is 11. The Morgan fingerprint density at radius 3 is 1.01 bits per heavy atom. The van der Waals surface area contributed by atoms with Gasteiger partial charge in [0.05, 0.1) is 72.6 Å². The Balaban J connectivity index is 0.00000146. The number of esters is 2. The Morgan fingerprint density at radius 2 is 0.746 bits per heavy atom. The van der Waals surface area contributed by atoms with E-state index in [0.29, 0.717) is 64.4 Å². The number of Topliss-reactive ketones (excluding diaryl/α,β-unsaturated/α-hetero) is 1. The lowest BCUT2D eigenvalue weighted by molar-refractivity contribution is -0.156. The lowest BCUT2D eigenvalue weighted by atomic mass is 10.1. The molecule has 0 saturated heterocycles. The normalized spacial score (nSPS) is 13.9. The van der Waals surface area contributed by atoms with Crippen molar-refractivity contribution in [2.24, 2.45) is 4.99 Å². The number of benzene rings is 6. The molecule has 6 aromatic rings. The van der Waals surface area contributed by atoms with Crippen LogP contribution in [0, 0.1) is 74.1 Å². The molecule has 1 heterocycles. The van der Waals surface area contributed by atoms with Gasteiger partial charge in [0.25, 0.3) is 23.6 Å². The number of aromatic carboxylic acids is 1. The van der Waals surface area contributed by atoms with E-state index in [2.05, 4.69) is 91.7 Å². The maximum Gasteiger partial charge on any atom is 0.350 e. The van der Waals surface area contributed by atoms with E-state index in [0.717, 1.165) is 20.6 Å². The molecule has 1 aliphatic heterocycles. The van der Waals surface area contributed by atoms with Crippen LogP contribution in [-0.2, 0) is 47.8 Å². The molecule has 7 rings (SSSR count). The third-order valence-electron chi connectivity index (χ3n) is 16.3. The number of aliphatic hydroxyl groups excluding tert-OH is 6. The number of carboxylic acids is 2. The number of nitrogens with zero attached hydrogens (tertiary/aromatic N) is 1. The molecule has 0 bridgehead atoms. The van der Waals surface area contributed by atoms with E-state index >= 15 is 0 Å². The highest BCUT2D eigenvalue weighted by Crippen LogP contribution is 2.28. The number of halogens is 1. The Hall–Kier alpha value is -14.7. The summed E-state index contributed by atoms with van der Waals surface area (Å²) in [5.41, 5.74) is 5.07. The number of aliphatic imine (C=N–C) groups is 1. The van der Waals surface area contributed by atoms with Crippen LogP contribution in [0.5, 0.6) is 34.5 Å². The van der Waals surface area contributed by atoms with Gasteiger partial charge in [0.2, 0.25) is 11.8 Å². The first-order chi connectivity index (χ1) is 59.4. The van der Waals surface area contributed by atoms with Crippen molar-refractivity contribution in [2.45, 2.75) is 148 Å². The number of amides is 5. The van der Waals surface area contributed by atoms with Crippen LogP contribution < -0.4 is 36.9 Å². The highest BCUT2D eigenvalue weighted by Gasteiger charge is 2.35. The molecule has 21 N–H and O–H groups in total. The largest absolute Gasteiger partial charge is 0.507 e. The Morgan fingerprint density at radius 1 is 0.444 bits per heavy atom. The number of methoxy groups -OCH3 is 2. The molecule has 38 heteroatoms. The fourth-order valence-corrected chi connectivity index (χ4v) is 9.99. The summed E-state index contributed by atoms with van der Waals surface area (Å²) in [6.45, 7) is 14.7. The number of hydrogen-bond donors (Lipinski definition) is 21. The number of ketones is 1. The maximum absolute atomic E-state index is 12.1. The second kappa shape index (κ2) is 57.6. The van der Waals surface area contributed by atoms with Gasteiger partial charge in [-0.1, -0.05) is 42.4 Å². The molecule has 1 aliphatic rings. The van der Waals surface area contributed by atoms with Crippen LogP contribution in [0.1, 0.15) is 166 Å². The number of ether oxygens (including phenoxy) is 3. The lowest BCUT2D eigenvalue weighted by Crippen LogP contribution is -2.52. The number of aliphatic hydroxyl groups is 6. The molecule has 12 atom stereocenters. The monoisotopic (exact) mass is 1770 g/mol. The number of carboxylic acid groups (broad SMARTS) is 2. The van der Waals surface area contributed by atoms with Gasteiger partial charge in [0.15, 0.2) is 23.9 Å². The van der Waals surface area contributed by atoms with Crippen molar-refractivity contribution in [1.29, 1.82) is 0 Å². The van der Waals surface area contributed by atoms with Crippen LogP contribution >= 0.6 is 11.8 Å². The van der Waals surface area contributed by atoms with Gasteiger partial charge < -0.3 is 117 Å². The molecular weight excluding hydrogens is 1670 g/mol. The summed E-state index contributed by atoms with van der Waals surface area (Å²) in [6, 6.07) is 18.6. The summed E-state index contributed by atoms with van der Waals surface area (Å²) >= 11 is 5.13. The van der Waals surface area contributed by atoms with Crippen LogP contribution in [0.25, 0.3) is 0 Å². The van der Waals surface area contributed by atoms with Crippen molar-refractivity contribution in [3.8, 4) is 109 Å². The van der Waals surface area contributed by atoms with Gasteiger partial charge in [-0.25, -0.2) is 29.0 Å². The first-order valence-electron chi connectivity index (χ1n) is 37.2. The average molecular weight is 1770 g/mol. The Kier molecular flexibility index (Phi) is 50.8. The van der Waals surface area contributed by atoms with E-state index in [4.69, 9.17) is 80.6 Å². The summed E-state index contributed by atoms with van der Waals surface area (Å²) in [5.74, 6) is 4.57. The predicted molar refractivity (Wildman–Crippen MR) is 458 cm³/mol. The minimum absolute atomic E-state index is 0.00925. The number of nitrogens with one attached hydrogen (secondary N) is 7. The van der Waals surface area contributed by atoms with Crippen molar-refractivity contribution in [3.05, 3.63) is 176 Å². The molecule has 0 aliphatic carbocycles. The van der Waals surface area contributed by atoms with Gasteiger partial charge in [0.1, 0.15) is 64.3 Å². The fraction of sp³-hybridized carbons (Fsp3) is 0.318. The molecule has 0 saturated carbocycles. The second-order valence-corrected chi connectivity index (χ2v) is 26.0. The zero-order valence-corrected chi connectivity index (χ0v) is 71.1. The van der Waals surface area contributed by atoms with Gasteiger partial charge in [0, 0.05) is 60.0 Å². The number of phenols is 6. The average Bonchev–Trinajstić information content (AvgIpc) is 1.66. The molecular formula is C88H101ClN8O29. The van der Waals surface area contributed by atoms with Crippen molar-refractivity contribution in [1.82, 2.24) is 36.9 Å². The van der Waals surface area contributed by atoms with Crippen LogP contribution in [0.2, 0.25) is 0 Å². The van der Waals surface area contributed by atoms with Crippen molar-refractivity contribution < 1.29 is 143 Å². The van der Waals surface area contributed by atoms with Crippen LogP contribution in [-0.4, -0.2) is 250 Å². The van der Waals surface area contributed by atoms with Gasteiger partial charge in [-0.15, -0.1) is 38.5 Å². The topological polar surface area (TPSA) is 604 Å². The van der Waals surface area contributed by atoms with E-state index < -0.39 is 126 Å². The first kappa shape index (κ1) is 111. The molecule has 0 radical (unpaired) electrons. The first-order valence-corrected chi connectivity index (χ1v) is 37.6. The molecule has 0 aromatic heterocycles. The Labute approximate surface area is 731 Å². The smallest absolute Gasteiger partial charge is 0.350 e. The lowest BCUT2D eigenvalue weighted by Gasteiger charge is -2.20. The summed E-state index contributed by atoms with van der Waals surface area (Å²) in [5, 5.41) is 141. The van der Waals surface area contributed by atoms with E-state index in [1.165, 1.54) is 139 Å². The molecule has 5 amide bonds. The number of likely N-dealkylation sites (N-methyl/N-ethyl adjacent to an activating group) is 1. The zero-order chi connectivity index (χ0) is 96.5. The van der Waals surface area contributed by atoms with Gasteiger partial charge in [-0.3, -0.25) is 33.6 Å². The minimum atomic E-state index is -1.46. The summed E-state index contributed by atoms with van der Waals surface area (Å²) in [7, 11) is 3.37. The standard InChI is InChI=1S/C16H17NO3.C15H18N2O5.C15H18N2O4.C14H15NO5.C13H13NO5.C9H6O3.C5H10ClNO3.CH4O/c1-4-6-13(18)15-10(3)20-16(17-15)12-8-7-11(5-2)9-14(12)19;1-4-10-6-7-11(12(19)8-10)14(20)17-13(9(3)18)15(21)22-16-5-2;1-4-10-6-7-11(12(19)8-10)14(20)17-13(9(3)18)15(21)16-5-2;1-4-9-5-6-10(11(17)7-9)13(18)15-12(8(2)16)14(19)20-3;1-3-8-4-5-9(10(16)6-8)12(17)14-11(7(2)15)13(18)19;1-2-6-3-4-7(9(11)12)8(10)5-6;1-3(8)4(7-6)5(9)10-2;1-2/h2,7-10,15,19H,4,6H2,1,3H3;1,6-9,13,16,18-19H,5H2,2-3H3,(H,17,20);1,6-9,13,18-19H,5H2,2-3H3,(H,16,21)(H,17,20);1,5-8,12,16-17H,2-3H3,(H,15,18);1,4-7,11,15-16H,2H3,(H,14,17)(H,18,19);1,3-5,10H,(H,11,12);3-4,7-8H,1-2H3;2H,1H3/t10-,15-;2*9-,13+;8-,12+;7-,11+;;3-,4+;/m10000.0./s1. The third kappa shape index (κ3) is 36.5. The number of phenolic OH excluding ortho intramolecular Hbond substituents is 5. The number of hydrogen-bond acceptors (Lipinski definition) is 30. The summed E-state index contributed by atoms with van der Waals surface area (Å²) in [6.07, 6.45) is 26.4. The third-order valence-corrected chi connectivity index (χ3v) is 16.5. The molecule has 0 spiro atoms. The summed E-state index contributed by atoms with van der Waals surface area (Å²) < 4.78 is 14.4. The van der Waals surface area contributed by atoms with Crippen LogP contribution in [0.15, 0.2) is 114 Å². The molecule has 37 nitrogen and oxygen atoms in total. The van der Waals surface area contributed by atoms with Crippen molar-refractivity contribution in [2.75, 3.05) is 34.4 Å². The van der Waals surface area contributed by atoms with Gasteiger partial charge in [-0.2, -0.15) is 5.48 Å².